The van der Waals surface area contributed by atoms with E-state index in [4.69, 9.17) is 4.74 Å². The molecule has 0 aliphatic carbocycles. The predicted molar refractivity (Wildman–Crippen MR) is 64.1 cm³/mol. The highest BCUT2D eigenvalue weighted by molar-refractivity contribution is 9.11. The number of hydrogen-bond acceptors (Lipinski definition) is 1. The highest BCUT2D eigenvalue weighted by Gasteiger charge is 2.09. The van der Waals surface area contributed by atoms with E-state index in [2.05, 4.69) is 42.6 Å². The molecule has 0 aromatic rings. The molecule has 0 aromatic heterocycles. The zero-order chi connectivity index (χ0) is 10.7. The van der Waals surface area contributed by atoms with Crippen LogP contribution in [0.2, 0.25) is 0 Å². The summed E-state index contributed by atoms with van der Waals surface area (Å²) in [6, 6.07) is 0. The average Bonchev–Trinajstić information content (AvgIpc) is 2.03. The second-order valence-electron chi connectivity index (χ2n) is 2.70. The van der Waals surface area contributed by atoms with Crippen LogP contribution in [0.1, 0.15) is 13.8 Å². The van der Waals surface area contributed by atoms with Gasteiger partial charge in [-0.1, -0.05) is 48.2 Å². The molecule has 0 saturated carbocycles. The van der Waals surface area contributed by atoms with Gasteiger partial charge >= 0.3 is 0 Å². The molecule has 0 aromatic carbocycles. The lowest BCUT2D eigenvalue weighted by Gasteiger charge is -2.20. The van der Waals surface area contributed by atoms with Crippen LogP contribution in [0.3, 0.4) is 0 Å². The number of ether oxygens (including phenoxy) is 1. The number of rotatable bonds is 1. The van der Waals surface area contributed by atoms with Gasteiger partial charge in [0.05, 0.1) is 13.2 Å². The van der Waals surface area contributed by atoms with E-state index in [0.717, 1.165) is 23.6 Å². The van der Waals surface area contributed by atoms with E-state index < -0.39 is 0 Å². The molecule has 0 bridgehead atoms. The fourth-order valence-corrected chi connectivity index (χ4v) is 0.354. The van der Waals surface area contributed by atoms with Crippen LogP contribution in [-0.2, 0) is 4.74 Å². The molecule has 76 valence electrons. The summed E-state index contributed by atoms with van der Waals surface area (Å²) in [5, 5.41) is 0. The number of halogens is 1. The van der Waals surface area contributed by atoms with Crippen molar-refractivity contribution in [2.75, 3.05) is 13.2 Å². The van der Waals surface area contributed by atoms with Gasteiger partial charge in [0.1, 0.15) is 0 Å². The predicted octanol–water partition coefficient (Wildman–Crippen LogP) is 3.93. The van der Waals surface area contributed by atoms with Gasteiger partial charge in [0.15, 0.2) is 0 Å². The molecule has 0 spiro atoms. The van der Waals surface area contributed by atoms with Gasteiger partial charge in [-0.15, -0.1) is 6.58 Å². The van der Waals surface area contributed by atoms with Gasteiger partial charge in [-0.05, 0) is 6.92 Å². The Hall–Kier alpha value is -0.340. The Morgan fingerprint density at radius 2 is 1.69 bits per heavy atom. The Balaban J connectivity index is 0. The first-order valence-electron chi connectivity index (χ1n) is 4.20. The molecule has 1 nitrogen and oxygen atoms in total. The average molecular weight is 247 g/mol. The van der Waals surface area contributed by atoms with Crippen LogP contribution in [0.25, 0.3) is 0 Å². The quantitative estimate of drug-likeness (QED) is 0.504. The Labute approximate surface area is 90.3 Å². The van der Waals surface area contributed by atoms with Crippen LogP contribution in [0, 0.1) is 5.92 Å². The molecule has 0 N–H and O–H groups in total. The smallest absolute Gasteiger partial charge is 0.0513 e. The SMILES string of the molecule is C=CC.C=CC(=C)Br.CC1COC1. The molecular weight excluding hydrogens is 228 g/mol. The third-order valence-electron chi connectivity index (χ3n) is 1.03. The minimum Gasteiger partial charge on any atom is -0.381 e. The van der Waals surface area contributed by atoms with Gasteiger partial charge in [0.2, 0.25) is 0 Å². The molecule has 1 saturated heterocycles. The fraction of sp³-hybridized carbons (Fsp3) is 0.455. The minimum absolute atomic E-state index is 0.831. The zero-order valence-electron chi connectivity index (χ0n) is 8.55. The van der Waals surface area contributed by atoms with Crippen molar-refractivity contribution in [3.8, 4) is 0 Å². The van der Waals surface area contributed by atoms with E-state index in [-0.39, 0.29) is 0 Å². The molecule has 1 aliphatic rings. The van der Waals surface area contributed by atoms with Crippen molar-refractivity contribution in [2.24, 2.45) is 5.92 Å². The maximum Gasteiger partial charge on any atom is 0.0513 e. The summed E-state index contributed by atoms with van der Waals surface area (Å²) >= 11 is 3.06. The molecule has 1 heterocycles. The van der Waals surface area contributed by atoms with Crippen LogP contribution >= 0.6 is 15.9 Å². The summed E-state index contributed by atoms with van der Waals surface area (Å²) in [7, 11) is 0. The summed E-state index contributed by atoms with van der Waals surface area (Å²) in [6.07, 6.45) is 3.39. The zero-order valence-corrected chi connectivity index (χ0v) is 10.1. The maximum atomic E-state index is 4.83. The summed E-state index contributed by atoms with van der Waals surface area (Å²) in [4.78, 5) is 0. The molecule has 0 atom stereocenters. The largest absolute Gasteiger partial charge is 0.381 e. The van der Waals surface area contributed by atoms with Crippen molar-refractivity contribution >= 4 is 15.9 Å². The molecular formula is C11H19BrO. The van der Waals surface area contributed by atoms with E-state index in [1.165, 1.54) is 0 Å². The normalized spacial score (nSPS) is 13.5. The Kier molecular flexibility index (Phi) is 13.6. The standard InChI is InChI=1S/C4H5Br.C4H8O.C3H6/c1-3-4(2)5;1-4-2-5-3-4;1-3-2/h3H,1-2H2;4H,2-3H2,1H3;3H,1H2,2H3. The van der Waals surface area contributed by atoms with Gasteiger partial charge < -0.3 is 4.74 Å². The van der Waals surface area contributed by atoms with Gasteiger partial charge in [0, 0.05) is 10.4 Å². The number of allylic oxidation sites excluding steroid dienone is 3. The Bertz CT molecular complexity index is 148. The first-order valence-corrected chi connectivity index (χ1v) is 4.99. The molecule has 0 unspecified atom stereocenters. The minimum atomic E-state index is 0.831. The second-order valence-corrected chi connectivity index (χ2v) is 3.72. The van der Waals surface area contributed by atoms with Gasteiger partial charge in [0.25, 0.3) is 0 Å². The van der Waals surface area contributed by atoms with E-state index >= 15 is 0 Å². The topological polar surface area (TPSA) is 9.23 Å². The van der Waals surface area contributed by atoms with Crippen molar-refractivity contribution in [3.05, 3.63) is 36.4 Å². The maximum absolute atomic E-state index is 4.83. The van der Waals surface area contributed by atoms with Crippen molar-refractivity contribution < 1.29 is 4.74 Å². The monoisotopic (exact) mass is 246 g/mol. The molecule has 1 rings (SSSR count). The van der Waals surface area contributed by atoms with Crippen molar-refractivity contribution in [1.82, 2.24) is 0 Å². The fourth-order valence-electron chi connectivity index (χ4n) is 0.354. The van der Waals surface area contributed by atoms with Crippen molar-refractivity contribution in [2.45, 2.75) is 13.8 Å². The lowest BCUT2D eigenvalue weighted by atomic mass is 10.2. The van der Waals surface area contributed by atoms with E-state index in [1.807, 2.05) is 6.92 Å². The molecule has 1 fully saturated rings. The molecule has 13 heavy (non-hydrogen) atoms. The first kappa shape index (κ1) is 15.1. The van der Waals surface area contributed by atoms with Crippen molar-refractivity contribution in [1.29, 1.82) is 0 Å². The van der Waals surface area contributed by atoms with Gasteiger partial charge in [-0.25, -0.2) is 0 Å². The van der Waals surface area contributed by atoms with E-state index in [1.54, 1.807) is 12.2 Å². The van der Waals surface area contributed by atoms with Crippen LogP contribution in [0.5, 0.6) is 0 Å². The van der Waals surface area contributed by atoms with Crippen molar-refractivity contribution in [3.63, 3.8) is 0 Å². The van der Waals surface area contributed by atoms with Crippen LogP contribution < -0.4 is 0 Å². The van der Waals surface area contributed by atoms with Gasteiger partial charge in [-0.2, -0.15) is 0 Å². The first-order chi connectivity index (χ1) is 6.08. The van der Waals surface area contributed by atoms with E-state index in [0.29, 0.717) is 0 Å². The molecule has 0 radical (unpaired) electrons. The third kappa shape index (κ3) is 18.5. The van der Waals surface area contributed by atoms with E-state index in [9.17, 15) is 0 Å². The summed E-state index contributed by atoms with van der Waals surface area (Å²) < 4.78 is 5.67. The van der Waals surface area contributed by atoms with Crippen LogP contribution in [0.15, 0.2) is 36.4 Å². The van der Waals surface area contributed by atoms with Crippen LogP contribution in [-0.4, -0.2) is 13.2 Å². The number of hydrogen-bond donors (Lipinski definition) is 0. The highest BCUT2D eigenvalue weighted by Crippen LogP contribution is 2.05. The highest BCUT2D eigenvalue weighted by atomic mass is 79.9. The molecule has 2 heteroatoms. The van der Waals surface area contributed by atoms with Crippen LogP contribution in [0.4, 0.5) is 0 Å². The lowest BCUT2D eigenvalue weighted by Crippen LogP contribution is -2.23. The molecule has 0 amide bonds. The summed E-state index contributed by atoms with van der Waals surface area (Å²) in [5.41, 5.74) is 0. The Morgan fingerprint density at radius 3 is 1.69 bits per heavy atom. The molecule has 1 aliphatic heterocycles. The summed E-state index contributed by atoms with van der Waals surface area (Å²) in [6.45, 7) is 16.3. The summed E-state index contributed by atoms with van der Waals surface area (Å²) in [5.74, 6) is 0.843. The van der Waals surface area contributed by atoms with Gasteiger partial charge in [-0.3, -0.25) is 0 Å². The third-order valence-corrected chi connectivity index (χ3v) is 1.35. The lowest BCUT2D eigenvalue weighted by molar-refractivity contribution is -0.0221. The second kappa shape index (κ2) is 11.7. The Morgan fingerprint density at radius 1 is 1.46 bits per heavy atom.